The fourth-order valence-electron chi connectivity index (χ4n) is 2.75. The highest BCUT2D eigenvalue weighted by Gasteiger charge is 2.20. The van der Waals surface area contributed by atoms with Crippen LogP contribution in [0.1, 0.15) is 25.8 Å². The third kappa shape index (κ3) is 6.87. The SMILES string of the molecule is CC(C)N(C(=O)COC(=O)CCNC(=O)Cc1ccccc1)c1ccccc1. The van der Waals surface area contributed by atoms with Gasteiger partial charge >= 0.3 is 5.97 Å². The molecule has 2 aromatic rings. The molecule has 6 heteroatoms. The van der Waals surface area contributed by atoms with E-state index in [9.17, 15) is 14.4 Å². The number of carbonyl (C=O) groups is 3. The molecule has 28 heavy (non-hydrogen) atoms. The number of esters is 1. The predicted molar refractivity (Wildman–Crippen MR) is 108 cm³/mol. The van der Waals surface area contributed by atoms with Crippen molar-refractivity contribution in [3.05, 3.63) is 66.2 Å². The number of nitrogens with zero attached hydrogens (tertiary/aromatic N) is 1. The fraction of sp³-hybridized carbons (Fsp3) is 0.318. The van der Waals surface area contributed by atoms with Crippen molar-refractivity contribution in [3.8, 4) is 0 Å². The highest BCUT2D eigenvalue weighted by Crippen LogP contribution is 2.16. The summed E-state index contributed by atoms with van der Waals surface area (Å²) in [6.07, 6.45) is 0.273. The molecule has 2 amide bonds. The zero-order chi connectivity index (χ0) is 20.4. The van der Waals surface area contributed by atoms with E-state index in [4.69, 9.17) is 4.74 Å². The van der Waals surface area contributed by atoms with E-state index in [2.05, 4.69) is 5.32 Å². The van der Waals surface area contributed by atoms with E-state index in [-0.39, 0.29) is 43.8 Å². The lowest BCUT2D eigenvalue weighted by Crippen LogP contribution is -2.40. The first-order valence-corrected chi connectivity index (χ1v) is 9.30. The topological polar surface area (TPSA) is 75.7 Å². The van der Waals surface area contributed by atoms with E-state index < -0.39 is 5.97 Å². The molecule has 0 heterocycles. The van der Waals surface area contributed by atoms with Crippen LogP contribution in [0.3, 0.4) is 0 Å². The zero-order valence-electron chi connectivity index (χ0n) is 16.3. The maximum absolute atomic E-state index is 12.5. The average Bonchev–Trinajstić information content (AvgIpc) is 2.68. The Labute approximate surface area is 165 Å². The lowest BCUT2D eigenvalue weighted by atomic mass is 10.1. The largest absolute Gasteiger partial charge is 0.455 e. The zero-order valence-corrected chi connectivity index (χ0v) is 16.3. The highest BCUT2D eigenvalue weighted by molar-refractivity contribution is 5.95. The number of amides is 2. The maximum Gasteiger partial charge on any atom is 0.308 e. The van der Waals surface area contributed by atoms with Crippen molar-refractivity contribution in [2.75, 3.05) is 18.1 Å². The van der Waals surface area contributed by atoms with Crippen molar-refractivity contribution >= 4 is 23.5 Å². The molecule has 148 valence electrons. The predicted octanol–water partition coefficient (Wildman–Crippen LogP) is 2.72. The Morgan fingerprint density at radius 1 is 0.964 bits per heavy atom. The second kappa shape index (κ2) is 10.9. The van der Waals surface area contributed by atoms with E-state index >= 15 is 0 Å². The van der Waals surface area contributed by atoms with E-state index in [1.165, 1.54) is 0 Å². The number of hydrogen-bond acceptors (Lipinski definition) is 4. The summed E-state index contributed by atoms with van der Waals surface area (Å²) in [6, 6.07) is 18.5. The molecule has 0 saturated heterocycles. The highest BCUT2D eigenvalue weighted by atomic mass is 16.5. The van der Waals surface area contributed by atoms with Gasteiger partial charge in [0.15, 0.2) is 6.61 Å². The van der Waals surface area contributed by atoms with Gasteiger partial charge in [-0.3, -0.25) is 14.4 Å². The Balaban J connectivity index is 1.72. The first-order valence-electron chi connectivity index (χ1n) is 9.30. The molecule has 0 fully saturated rings. The third-order valence-corrected chi connectivity index (χ3v) is 4.03. The van der Waals surface area contributed by atoms with Crippen LogP contribution in [0.15, 0.2) is 60.7 Å². The number of ether oxygens (including phenoxy) is 1. The molecule has 1 N–H and O–H groups in total. The molecular formula is C22H26N2O4. The van der Waals surface area contributed by atoms with Crippen LogP contribution in [-0.2, 0) is 25.5 Å². The fourth-order valence-corrected chi connectivity index (χ4v) is 2.75. The molecule has 0 unspecified atom stereocenters. The maximum atomic E-state index is 12.5. The molecule has 0 atom stereocenters. The minimum Gasteiger partial charge on any atom is -0.455 e. The van der Waals surface area contributed by atoms with Crippen molar-refractivity contribution in [1.29, 1.82) is 0 Å². The number of benzene rings is 2. The molecule has 0 radical (unpaired) electrons. The number of nitrogens with one attached hydrogen (secondary N) is 1. The third-order valence-electron chi connectivity index (χ3n) is 4.03. The molecule has 2 rings (SSSR count). The van der Waals surface area contributed by atoms with Gasteiger partial charge in [-0.25, -0.2) is 0 Å². The van der Waals surface area contributed by atoms with Crippen molar-refractivity contribution < 1.29 is 19.1 Å². The molecule has 0 bridgehead atoms. The monoisotopic (exact) mass is 382 g/mol. The standard InChI is InChI=1S/C22H26N2O4/c1-17(2)24(19-11-7-4-8-12-19)21(26)16-28-22(27)13-14-23-20(25)15-18-9-5-3-6-10-18/h3-12,17H,13-16H2,1-2H3,(H,23,25). The van der Waals surface area contributed by atoms with Gasteiger partial charge in [0, 0.05) is 18.3 Å². The molecule has 0 aliphatic carbocycles. The number of para-hydroxylation sites is 1. The van der Waals surface area contributed by atoms with Gasteiger partial charge < -0.3 is 15.0 Å². The molecule has 0 saturated carbocycles. The lowest BCUT2D eigenvalue weighted by Gasteiger charge is -2.26. The Bertz CT molecular complexity index is 776. The van der Waals surface area contributed by atoms with Gasteiger partial charge in [0.2, 0.25) is 5.91 Å². The van der Waals surface area contributed by atoms with Crippen molar-refractivity contribution in [2.24, 2.45) is 0 Å². The quantitative estimate of drug-likeness (QED) is 0.677. The summed E-state index contributed by atoms with van der Waals surface area (Å²) in [6.45, 7) is 3.64. The summed E-state index contributed by atoms with van der Waals surface area (Å²) in [5.74, 6) is -0.974. The van der Waals surface area contributed by atoms with Gasteiger partial charge in [-0.2, -0.15) is 0 Å². The molecule has 6 nitrogen and oxygen atoms in total. The van der Waals surface area contributed by atoms with Gasteiger partial charge in [-0.05, 0) is 31.5 Å². The number of rotatable bonds is 9. The molecule has 0 aliphatic heterocycles. The summed E-state index contributed by atoms with van der Waals surface area (Å²) < 4.78 is 5.08. The van der Waals surface area contributed by atoms with E-state index in [1.807, 2.05) is 74.5 Å². The van der Waals surface area contributed by atoms with Gasteiger partial charge in [0.1, 0.15) is 0 Å². The van der Waals surface area contributed by atoms with E-state index in [0.29, 0.717) is 0 Å². The van der Waals surface area contributed by atoms with Gasteiger partial charge in [0.25, 0.3) is 5.91 Å². The van der Waals surface area contributed by atoms with Crippen LogP contribution >= 0.6 is 0 Å². The summed E-state index contributed by atoms with van der Waals surface area (Å²) >= 11 is 0. The van der Waals surface area contributed by atoms with Gasteiger partial charge in [0.05, 0.1) is 12.8 Å². The summed E-state index contributed by atoms with van der Waals surface area (Å²) in [7, 11) is 0. The van der Waals surface area contributed by atoms with Crippen molar-refractivity contribution in [1.82, 2.24) is 5.32 Å². The number of anilines is 1. The van der Waals surface area contributed by atoms with E-state index in [0.717, 1.165) is 11.3 Å². The number of carbonyl (C=O) groups excluding carboxylic acids is 3. The lowest BCUT2D eigenvalue weighted by molar-refractivity contribution is -0.147. The van der Waals surface area contributed by atoms with Gasteiger partial charge in [-0.15, -0.1) is 0 Å². The van der Waals surface area contributed by atoms with Crippen LogP contribution in [0.5, 0.6) is 0 Å². The second-order valence-electron chi connectivity index (χ2n) is 6.62. The second-order valence-corrected chi connectivity index (χ2v) is 6.62. The molecular weight excluding hydrogens is 356 g/mol. The van der Waals surface area contributed by atoms with Crippen LogP contribution in [0.25, 0.3) is 0 Å². The van der Waals surface area contributed by atoms with Crippen LogP contribution in [-0.4, -0.2) is 37.0 Å². The van der Waals surface area contributed by atoms with Crippen LogP contribution < -0.4 is 10.2 Å². The molecule has 0 aromatic heterocycles. The minimum atomic E-state index is -0.523. The van der Waals surface area contributed by atoms with Crippen molar-refractivity contribution in [3.63, 3.8) is 0 Å². The van der Waals surface area contributed by atoms with Gasteiger partial charge in [-0.1, -0.05) is 48.5 Å². The molecule has 2 aromatic carbocycles. The Hall–Kier alpha value is -3.15. The van der Waals surface area contributed by atoms with Crippen LogP contribution in [0, 0.1) is 0 Å². The molecule has 0 spiro atoms. The first-order chi connectivity index (χ1) is 13.5. The Morgan fingerprint density at radius 3 is 2.18 bits per heavy atom. The molecule has 0 aliphatic rings. The van der Waals surface area contributed by atoms with Crippen LogP contribution in [0.2, 0.25) is 0 Å². The first kappa shape index (κ1) is 21.2. The summed E-state index contributed by atoms with van der Waals surface area (Å²) in [5.41, 5.74) is 1.66. The Kier molecular flexibility index (Phi) is 8.21. The summed E-state index contributed by atoms with van der Waals surface area (Å²) in [5, 5.41) is 2.68. The van der Waals surface area contributed by atoms with E-state index in [1.54, 1.807) is 4.90 Å². The number of hydrogen-bond donors (Lipinski definition) is 1. The van der Waals surface area contributed by atoms with Crippen molar-refractivity contribution in [2.45, 2.75) is 32.7 Å². The Morgan fingerprint density at radius 2 is 1.57 bits per heavy atom. The smallest absolute Gasteiger partial charge is 0.308 e. The average molecular weight is 382 g/mol. The normalized spacial score (nSPS) is 10.4. The van der Waals surface area contributed by atoms with Crippen LogP contribution in [0.4, 0.5) is 5.69 Å². The summed E-state index contributed by atoms with van der Waals surface area (Å²) in [4.78, 5) is 37.8. The minimum absolute atomic E-state index is 0.0147.